The second-order valence-electron chi connectivity index (χ2n) is 4.22. The number of carbonyl (C=O) groups is 1. The van der Waals surface area contributed by atoms with Crippen molar-refractivity contribution in [3.63, 3.8) is 0 Å². The summed E-state index contributed by atoms with van der Waals surface area (Å²) in [6.45, 7) is 2.05. The van der Waals surface area contributed by atoms with Crippen LogP contribution in [0.2, 0.25) is 0 Å². The fraction of sp³-hybridized carbons (Fsp3) is 0.583. The van der Waals surface area contributed by atoms with Gasteiger partial charge in [-0.3, -0.25) is 9.69 Å². The maximum atomic E-state index is 12.1. The van der Waals surface area contributed by atoms with E-state index in [-0.39, 0.29) is 5.78 Å². The molecule has 1 aromatic heterocycles. The van der Waals surface area contributed by atoms with E-state index in [2.05, 4.69) is 20.8 Å². The van der Waals surface area contributed by atoms with Crippen molar-refractivity contribution in [1.29, 1.82) is 0 Å². The average Bonchev–Trinajstić information content (AvgIpc) is 3.06. The highest BCUT2D eigenvalue weighted by atomic mass is 79.9. The maximum absolute atomic E-state index is 12.1. The van der Waals surface area contributed by atoms with Crippen molar-refractivity contribution in [2.45, 2.75) is 18.9 Å². The monoisotopic (exact) mass is 317 g/mol. The molecule has 0 unspecified atom stereocenters. The summed E-state index contributed by atoms with van der Waals surface area (Å²) >= 11 is 4.89. The van der Waals surface area contributed by atoms with Gasteiger partial charge in [-0.25, -0.2) is 0 Å². The first-order chi connectivity index (χ1) is 8.20. The Balaban J connectivity index is 1.90. The molecule has 5 heteroatoms. The Hall–Kier alpha value is -0.230. The van der Waals surface area contributed by atoms with Gasteiger partial charge in [0, 0.05) is 19.7 Å². The summed E-state index contributed by atoms with van der Waals surface area (Å²) in [5.41, 5.74) is 0. The molecule has 0 aliphatic heterocycles. The van der Waals surface area contributed by atoms with Crippen molar-refractivity contribution in [3.8, 4) is 0 Å². The van der Waals surface area contributed by atoms with Crippen molar-refractivity contribution in [2.24, 2.45) is 0 Å². The number of thiophene rings is 1. The van der Waals surface area contributed by atoms with Crippen LogP contribution in [0.1, 0.15) is 22.5 Å². The Labute approximate surface area is 114 Å². The van der Waals surface area contributed by atoms with Crippen LogP contribution in [0, 0.1) is 0 Å². The van der Waals surface area contributed by atoms with Crippen molar-refractivity contribution in [1.82, 2.24) is 4.90 Å². The smallest absolute Gasteiger partial charge is 0.186 e. The zero-order valence-corrected chi connectivity index (χ0v) is 12.2. The largest absolute Gasteiger partial charge is 0.383 e. The number of rotatable bonds is 7. The molecular weight excluding hydrogens is 302 g/mol. The lowest BCUT2D eigenvalue weighted by Crippen LogP contribution is -2.34. The summed E-state index contributed by atoms with van der Waals surface area (Å²) in [5, 5.41) is 0. The van der Waals surface area contributed by atoms with Gasteiger partial charge in [-0.1, -0.05) is 0 Å². The molecule has 0 spiro atoms. The Kier molecular flexibility index (Phi) is 4.73. The third-order valence-corrected chi connectivity index (χ3v) is 4.51. The molecule has 3 nitrogen and oxygen atoms in total. The third-order valence-electron chi connectivity index (χ3n) is 2.84. The first-order valence-electron chi connectivity index (χ1n) is 5.72. The van der Waals surface area contributed by atoms with Crippen molar-refractivity contribution in [3.05, 3.63) is 20.8 Å². The fourth-order valence-corrected chi connectivity index (χ4v) is 3.08. The van der Waals surface area contributed by atoms with E-state index in [1.54, 1.807) is 7.11 Å². The molecule has 1 heterocycles. The topological polar surface area (TPSA) is 29.5 Å². The van der Waals surface area contributed by atoms with Crippen molar-refractivity contribution >= 4 is 33.0 Å². The van der Waals surface area contributed by atoms with E-state index in [1.165, 1.54) is 24.2 Å². The third kappa shape index (κ3) is 3.88. The quantitative estimate of drug-likeness (QED) is 0.724. The van der Waals surface area contributed by atoms with E-state index in [0.717, 1.165) is 15.2 Å². The Morgan fingerprint density at radius 1 is 1.59 bits per heavy atom. The molecule has 94 valence electrons. The summed E-state index contributed by atoms with van der Waals surface area (Å²) in [6.07, 6.45) is 2.43. The predicted molar refractivity (Wildman–Crippen MR) is 72.8 cm³/mol. The molecule has 0 atom stereocenters. The molecular formula is C12H16BrNO2S. The lowest BCUT2D eigenvalue weighted by Gasteiger charge is -2.20. The number of methoxy groups -OCH3 is 1. The zero-order valence-electron chi connectivity index (χ0n) is 9.82. The van der Waals surface area contributed by atoms with Gasteiger partial charge >= 0.3 is 0 Å². The average molecular weight is 318 g/mol. The highest BCUT2D eigenvalue weighted by molar-refractivity contribution is 9.11. The second kappa shape index (κ2) is 6.09. The molecule has 0 aromatic carbocycles. The molecule has 0 amide bonds. The molecule has 0 bridgehead atoms. The predicted octanol–water partition coefficient (Wildman–Crippen LogP) is 2.80. The van der Waals surface area contributed by atoms with Gasteiger partial charge in [0.1, 0.15) is 0 Å². The van der Waals surface area contributed by atoms with Gasteiger partial charge in [-0.2, -0.15) is 0 Å². The lowest BCUT2D eigenvalue weighted by molar-refractivity contribution is 0.0889. The SMILES string of the molecule is COCCN(CC(=O)c1ccc(Br)s1)C1CC1. The Morgan fingerprint density at radius 2 is 2.35 bits per heavy atom. The molecule has 1 aliphatic rings. The Morgan fingerprint density at radius 3 is 2.88 bits per heavy atom. The van der Waals surface area contributed by atoms with Crippen LogP contribution < -0.4 is 0 Å². The minimum Gasteiger partial charge on any atom is -0.383 e. The van der Waals surface area contributed by atoms with Crippen LogP contribution in [0.4, 0.5) is 0 Å². The summed E-state index contributed by atoms with van der Waals surface area (Å²) in [7, 11) is 1.70. The number of hydrogen-bond acceptors (Lipinski definition) is 4. The molecule has 1 aromatic rings. The number of hydrogen-bond donors (Lipinski definition) is 0. The van der Waals surface area contributed by atoms with Gasteiger partial charge in [0.05, 0.1) is 21.8 Å². The van der Waals surface area contributed by atoms with Gasteiger partial charge < -0.3 is 4.74 Å². The highest BCUT2D eigenvalue weighted by Crippen LogP contribution is 2.28. The van der Waals surface area contributed by atoms with E-state index in [4.69, 9.17) is 4.74 Å². The summed E-state index contributed by atoms with van der Waals surface area (Å²) in [6, 6.07) is 4.41. The molecule has 1 aliphatic carbocycles. The van der Waals surface area contributed by atoms with Crippen LogP contribution in [0.25, 0.3) is 0 Å². The van der Waals surface area contributed by atoms with E-state index >= 15 is 0 Å². The van der Waals surface area contributed by atoms with Gasteiger partial charge in [-0.15, -0.1) is 11.3 Å². The van der Waals surface area contributed by atoms with Crippen LogP contribution in [-0.4, -0.2) is 43.5 Å². The number of ketones is 1. The lowest BCUT2D eigenvalue weighted by atomic mass is 10.3. The summed E-state index contributed by atoms with van der Waals surface area (Å²) < 4.78 is 6.09. The van der Waals surface area contributed by atoms with Crippen LogP contribution in [-0.2, 0) is 4.74 Å². The van der Waals surface area contributed by atoms with E-state index < -0.39 is 0 Å². The maximum Gasteiger partial charge on any atom is 0.186 e. The first-order valence-corrected chi connectivity index (χ1v) is 7.33. The number of nitrogens with zero attached hydrogens (tertiary/aromatic N) is 1. The zero-order chi connectivity index (χ0) is 12.3. The number of ether oxygens (including phenoxy) is 1. The van der Waals surface area contributed by atoms with Crippen molar-refractivity contribution < 1.29 is 9.53 Å². The van der Waals surface area contributed by atoms with Gasteiger partial charge in [-0.05, 0) is 40.9 Å². The molecule has 17 heavy (non-hydrogen) atoms. The molecule has 0 radical (unpaired) electrons. The van der Waals surface area contributed by atoms with Crippen molar-refractivity contribution in [2.75, 3.05) is 26.8 Å². The number of halogens is 1. The number of carbonyl (C=O) groups excluding carboxylic acids is 1. The summed E-state index contributed by atoms with van der Waals surface area (Å²) in [5.74, 6) is 0.212. The normalized spacial score (nSPS) is 15.5. The number of Topliss-reactive ketones (excluding diaryl/α,β-unsaturated/α-hetero) is 1. The van der Waals surface area contributed by atoms with Gasteiger partial charge in [0.25, 0.3) is 0 Å². The van der Waals surface area contributed by atoms with Crippen LogP contribution in [0.5, 0.6) is 0 Å². The molecule has 2 rings (SSSR count). The van der Waals surface area contributed by atoms with E-state index in [1.807, 2.05) is 12.1 Å². The van der Waals surface area contributed by atoms with E-state index in [0.29, 0.717) is 19.2 Å². The molecule has 0 N–H and O–H groups in total. The second-order valence-corrected chi connectivity index (χ2v) is 6.68. The fourth-order valence-electron chi connectivity index (χ4n) is 1.77. The minimum absolute atomic E-state index is 0.212. The summed E-state index contributed by atoms with van der Waals surface area (Å²) in [4.78, 5) is 15.1. The van der Waals surface area contributed by atoms with Crippen LogP contribution in [0.15, 0.2) is 15.9 Å². The van der Waals surface area contributed by atoms with Gasteiger partial charge in [0.2, 0.25) is 0 Å². The standard InChI is InChI=1S/C12H16BrNO2S/c1-16-7-6-14(9-2-3-9)8-10(15)11-4-5-12(13)17-11/h4-5,9H,2-3,6-8H2,1H3. The van der Waals surface area contributed by atoms with Crippen LogP contribution >= 0.6 is 27.3 Å². The minimum atomic E-state index is 0.212. The van der Waals surface area contributed by atoms with E-state index in [9.17, 15) is 4.79 Å². The first kappa shape index (κ1) is 13.2. The molecule has 1 fully saturated rings. The highest BCUT2D eigenvalue weighted by Gasteiger charge is 2.30. The van der Waals surface area contributed by atoms with Gasteiger partial charge in [0.15, 0.2) is 5.78 Å². The van der Waals surface area contributed by atoms with Crippen LogP contribution in [0.3, 0.4) is 0 Å². The molecule has 0 saturated heterocycles. The Bertz CT molecular complexity index is 390. The molecule has 1 saturated carbocycles.